The summed E-state index contributed by atoms with van der Waals surface area (Å²) < 4.78 is 5.53. The van der Waals surface area contributed by atoms with Crippen molar-refractivity contribution in [3.8, 4) is 0 Å². The number of hydrogen-bond donors (Lipinski definition) is 3. The highest BCUT2D eigenvalue weighted by molar-refractivity contribution is 5.76. The summed E-state index contributed by atoms with van der Waals surface area (Å²) in [6.45, 7) is 5.02. The summed E-state index contributed by atoms with van der Waals surface area (Å²) in [6, 6.07) is -0.537. The molecule has 0 aromatic heterocycles. The second kappa shape index (κ2) is 84.0. The molecule has 0 aliphatic carbocycles. The van der Waals surface area contributed by atoms with Gasteiger partial charge in [-0.3, -0.25) is 9.59 Å². The summed E-state index contributed by atoms with van der Waals surface area (Å²) in [5.74, 6) is 0.00196. The van der Waals surface area contributed by atoms with E-state index in [0.717, 1.165) is 38.5 Å². The van der Waals surface area contributed by atoms with Gasteiger partial charge in [0, 0.05) is 12.8 Å². The normalized spacial score (nSPS) is 12.4. The summed E-state index contributed by atoms with van der Waals surface area (Å²) in [5.41, 5.74) is 0. The van der Waals surface area contributed by atoms with E-state index in [1.807, 2.05) is 0 Å². The van der Waals surface area contributed by atoms with Gasteiger partial charge < -0.3 is 20.3 Å². The molecule has 1 amide bonds. The van der Waals surface area contributed by atoms with Gasteiger partial charge >= 0.3 is 5.97 Å². The Labute approximate surface area is 590 Å². The molecule has 0 spiro atoms. The van der Waals surface area contributed by atoms with Crippen LogP contribution >= 0.6 is 0 Å². The fourth-order valence-corrected chi connectivity index (χ4v) is 14.4. The van der Waals surface area contributed by atoms with Crippen molar-refractivity contribution in [3.63, 3.8) is 0 Å². The molecule has 6 heteroatoms. The average molecular weight is 1330 g/mol. The number of rotatable bonds is 84. The highest BCUT2D eigenvalue weighted by atomic mass is 16.5. The highest BCUT2D eigenvalue weighted by Crippen LogP contribution is 2.21. The van der Waals surface area contributed by atoms with Gasteiger partial charge in [0.25, 0.3) is 0 Å². The van der Waals surface area contributed by atoms with Crippen LogP contribution in [-0.2, 0) is 14.3 Å². The van der Waals surface area contributed by atoms with Crippen LogP contribution < -0.4 is 5.32 Å². The monoisotopic (exact) mass is 1320 g/mol. The summed E-state index contributed by atoms with van der Waals surface area (Å²) in [5, 5.41) is 23.5. The van der Waals surface area contributed by atoms with Crippen LogP contribution in [0.1, 0.15) is 515 Å². The molecule has 0 saturated heterocycles. The van der Waals surface area contributed by atoms with Gasteiger partial charge in [-0.1, -0.05) is 463 Å². The van der Waals surface area contributed by atoms with Crippen LogP contribution in [0.25, 0.3) is 0 Å². The van der Waals surface area contributed by atoms with E-state index >= 15 is 0 Å². The second-order valence-corrected chi connectivity index (χ2v) is 30.6. The minimum atomic E-state index is -0.660. The Balaban J connectivity index is 3.28. The average Bonchev–Trinajstić information content (AvgIpc) is 3.79. The zero-order valence-corrected chi connectivity index (χ0v) is 64.5. The van der Waals surface area contributed by atoms with E-state index in [1.54, 1.807) is 0 Å². The number of carbonyl (C=O) groups excluding carboxylic acids is 2. The first-order chi connectivity index (χ1) is 46.5. The summed E-state index contributed by atoms with van der Waals surface area (Å²) in [7, 11) is 0. The maximum Gasteiger partial charge on any atom is 0.305 e. The van der Waals surface area contributed by atoms with Crippen LogP contribution in [0.2, 0.25) is 0 Å². The molecule has 0 aromatic carbocycles. The van der Waals surface area contributed by atoms with E-state index in [-0.39, 0.29) is 18.5 Å². The Morgan fingerprint density at radius 3 is 0.755 bits per heavy atom. The van der Waals surface area contributed by atoms with Gasteiger partial charge in [0.05, 0.1) is 25.4 Å². The van der Waals surface area contributed by atoms with Gasteiger partial charge in [-0.2, -0.15) is 0 Å². The van der Waals surface area contributed by atoms with Crippen LogP contribution in [0, 0.1) is 0 Å². The standard InChI is InChI=1S/C88H173NO5/c1-3-5-7-9-11-13-15-17-19-21-44-48-52-56-60-64-68-72-76-80-86(91)85(84-90)89-87(92)81-77-73-69-65-61-57-53-49-46-42-40-38-36-34-32-30-28-26-24-23-25-27-29-31-33-35-37-39-41-43-47-51-55-59-63-67-71-75-79-83-94-88(93)82-78-74-70-66-62-58-54-50-45-22-20-18-16-14-12-10-8-6-4-2/h18,20,85-86,90-91H,3-17,19,21-84H2,1-2H3,(H,89,92)/b20-18-. The topological polar surface area (TPSA) is 95.9 Å². The van der Waals surface area contributed by atoms with Crippen LogP contribution in [0.5, 0.6) is 0 Å². The quantitative estimate of drug-likeness (QED) is 0.0320. The molecule has 0 rings (SSSR count). The lowest BCUT2D eigenvalue weighted by atomic mass is 10.0. The lowest BCUT2D eigenvalue weighted by Gasteiger charge is -2.22. The Morgan fingerprint density at radius 2 is 0.500 bits per heavy atom. The third-order valence-corrected chi connectivity index (χ3v) is 21.1. The van der Waals surface area contributed by atoms with Crippen molar-refractivity contribution < 1.29 is 24.5 Å². The van der Waals surface area contributed by atoms with Gasteiger partial charge in [0.15, 0.2) is 0 Å². The number of unbranched alkanes of at least 4 members (excludes halogenated alkanes) is 71. The van der Waals surface area contributed by atoms with E-state index < -0.39 is 12.1 Å². The number of ether oxygens (including phenoxy) is 1. The largest absolute Gasteiger partial charge is 0.466 e. The molecule has 0 radical (unpaired) electrons. The predicted molar refractivity (Wildman–Crippen MR) is 417 cm³/mol. The summed E-state index contributed by atoms with van der Waals surface area (Å²) >= 11 is 0. The zero-order chi connectivity index (χ0) is 67.7. The third kappa shape index (κ3) is 79.6. The molecule has 560 valence electrons. The van der Waals surface area contributed by atoms with Gasteiger partial charge in [-0.15, -0.1) is 0 Å². The Morgan fingerprint density at radius 1 is 0.287 bits per heavy atom. The first kappa shape index (κ1) is 92.6. The SMILES string of the molecule is CCCCCCCC/C=C\CCCCCCCCCCCC(=O)OCCCCCCCCCCCCCCCCCCCCCCCCCCCCCCCCCCCCCCCCCC(=O)NC(CO)C(O)CCCCCCCCCCCCCCCCCCCCC. The molecular formula is C88H173NO5. The van der Waals surface area contributed by atoms with E-state index in [4.69, 9.17) is 4.74 Å². The molecule has 0 fully saturated rings. The number of nitrogens with one attached hydrogen (secondary N) is 1. The van der Waals surface area contributed by atoms with Gasteiger partial charge in [0.1, 0.15) is 0 Å². The predicted octanol–water partition coefficient (Wildman–Crippen LogP) is 29.4. The van der Waals surface area contributed by atoms with Gasteiger partial charge in [0.2, 0.25) is 5.91 Å². The maximum absolute atomic E-state index is 12.6. The van der Waals surface area contributed by atoms with Crippen molar-refractivity contribution >= 4 is 11.9 Å². The number of esters is 1. The van der Waals surface area contributed by atoms with Crippen molar-refractivity contribution in [2.24, 2.45) is 0 Å². The molecule has 2 atom stereocenters. The van der Waals surface area contributed by atoms with E-state index in [2.05, 4.69) is 31.3 Å². The second-order valence-electron chi connectivity index (χ2n) is 30.6. The van der Waals surface area contributed by atoms with Crippen molar-refractivity contribution in [3.05, 3.63) is 12.2 Å². The Bertz CT molecular complexity index is 1430. The molecule has 0 aliphatic rings. The van der Waals surface area contributed by atoms with Crippen molar-refractivity contribution in [1.29, 1.82) is 0 Å². The molecule has 0 aromatic rings. The molecule has 0 aliphatic heterocycles. The van der Waals surface area contributed by atoms with Crippen LogP contribution in [0.3, 0.4) is 0 Å². The molecular weight excluding hydrogens is 1150 g/mol. The molecule has 0 saturated carbocycles. The first-order valence-corrected chi connectivity index (χ1v) is 43.9. The molecule has 0 bridgehead atoms. The zero-order valence-electron chi connectivity index (χ0n) is 64.5. The van der Waals surface area contributed by atoms with Crippen LogP contribution in [0.4, 0.5) is 0 Å². The van der Waals surface area contributed by atoms with Crippen molar-refractivity contribution in [2.45, 2.75) is 527 Å². The number of aliphatic hydroxyl groups excluding tert-OH is 2. The summed E-state index contributed by atoms with van der Waals surface area (Å²) in [4.78, 5) is 24.7. The lowest BCUT2D eigenvalue weighted by Crippen LogP contribution is -2.45. The fourth-order valence-electron chi connectivity index (χ4n) is 14.4. The van der Waals surface area contributed by atoms with Crippen molar-refractivity contribution in [2.75, 3.05) is 13.2 Å². The lowest BCUT2D eigenvalue weighted by molar-refractivity contribution is -0.143. The maximum atomic E-state index is 12.6. The van der Waals surface area contributed by atoms with Crippen molar-refractivity contribution in [1.82, 2.24) is 5.32 Å². The van der Waals surface area contributed by atoms with E-state index in [0.29, 0.717) is 25.9 Å². The molecule has 94 heavy (non-hydrogen) atoms. The number of amides is 1. The van der Waals surface area contributed by atoms with E-state index in [9.17, 15) is 19.8 Å². The van der Waals surface area contributed by atoms with Crippen LogP contribution in [0.15, 0.2) is 12.2 Å². The Kier molecular flexibility index (Phi) is 82.8. The highest BCUT2D eigenvalue weighted by Gasteiger charge is 2.20. The smallest absolute Gasteiger partial charge is 0.305 e. The Hall–Kier alpha value is -1.40. The van der Waals surface area contributed by atoms with Gasteiger partial charge in [-0.05, 0) is 51.4 Å². The third-order valence-electron chi connectivity index (χ3n) is 21.1. The first-order valence-electron chi connectivity index (χ1n) is 43.9. The number of hydrogen-bond acceptors (Lipinski definition) is 5. The fraction of sp³-hybridized carbons (Fsp3) is 0.955. The number of aliphatic hydroxyl groups is 2. The van der Waals surface area contributed by atoms with E-state index in [1.165, 1.54) is 443 Å². The molecule has 0 heterocycles. The minimum Gasteiger partial charge on any atom is -0.466 e. The molecule has 3 N–H and O–H groups in total. The van der Waals surface area contributed by atoms with Gasteiger partial charge in [-0.25, -0.2) is 0 Å². The summed E-state index contributed by atoms with van der Waals surface area (Å²) in [6.07, 6.45) is 108. The number of allylic oxidation sites excluding steroid dienone is 2. The molecule has 2 unspecified atom stereocenters. The minimum absolute atomic E-state index is 0.0231. The van der Waals surface area contributed by atoms with Crippen LogP contribution in [-0.4, -0.2) is 47.4 Å². The molecule has 6 nitrogen and oxygen atoms in total. The number of carbonyl (C=O) groups is 2.